The number of fused-ring (bicyclic) bond motifs is 4. The summed E-state index contributed by atoms with van der Waals surface area (Å²) in [5.41, 5.74) is 4.43. The quantitative estimate of drug-likeness (QED) is 0.757. The third-order valence-electron chi connectivity index (χ3n) is 7.50. The molecule has 4 heterocycles. The molecule has 4 atom stereocenters. The van der Waals surface area contributed by atoms with Crippen molar-refractivity contribution in [2.45, 2.75) is 36.8 Å². The van der Waals surface area contributed by atoms with E-state index in [-0.39, 0.29) is 29.7 Å². The molecule has 2 N–H and O–H groups in total. The number of rotatable bonds is 1. The van der Waals surface area contributed by atoms with Gasteiger partial charge in [-0.25, -0.2) is 0 Å². The van der Waals surface area contributed by atoms with Crippen LogP contribution in [0.15, 0.2) is 41.5 Å². The molecule has 3 fully saturated rings. The number of hydrogen-bond donors (Lipinski definition) is 2. The highest BCUT2D eigenvalue weighted by molar-refractivity contribution is 6.02. The van der Waals surface area contributed by atoms with E-state index in [2.05, 4.69) is 17.0 Å². The molecule has 1 aliphatic carbocycles. The first-order valence-corrected chi connectivity index (χ1v) is 9.55. The van der Waals surface area contributed by atoms with Crippen LogP contribution >= 0.6 is 0 Å². The van der Waals surface area contributed by atoms with Crippen molar-refractivity contribution in [3.05, 3.63) is 47.1 Å². The third-order valence-corrected chi connectivity index (χ3v) is 7.50. The summed E-state index contributed by atoms with van der Waals surface area (Å²) < 4.78 is 0. The summed E-state index contributed by atoms with van der Waals surface area (Å²) in [6, 6.07) is 6.16. The maximum absolute atomic E-state index is 12.9. The average molecular weight is 350 g/mol. The van der Waals surface area contributed by atoms with Gasteiger partial charge in [-0.15, -0.1) is 0 Å². The molecule has 4 aliphatic heterocycles. The summed E-state index contributed by atoms with van der Waals surface area (Å²) in [6.45, 7) is 1.97. The van der Waals surface area contributed by atoms with Crippen molar-refractivity contribution in [2.24, 2.45) is 5.92 Å². The van der Waals surface area contributed by atoms with Crippen molar-refractivity contribution in [1.82, 2.24) is 4.90 Å². The number of piperidine rings is 1. The van der Waals surface area contributed by atoms with Crippen LogP contribution in [0.4, 0.5) is 5.69 Å². The van der Waals surface area contributed by atoms with Crippen molar-refractivity contribution in [3.63, 3.8) is 0 Å². The first kappa shape index (κ1) is 15.0. The van der Waals surface area contributed by atoms with E-state index in [4.69, 9.17) is 0 Å². The van der Waals surface area contributed by atoms with Crippen LogP contribution in [0.2, 0.25) is 0 Å². The minimum atomic E-state index is -0.1000. The summed E-state index contributed by atoms with van der Waals surface area (Å²) in [6.07, 6.45) is 6.57. The van der Waals surface area contributed by atoms with Gasteiger partial charge in [-0.3, -0.25) is 9.69 Å². The van der Waals surface area contributed by atoms with Gasteiger partial charge in [0.15, 0.2) is 0 Å². The van der Waals surface area contributed by atoms with E-state index in [1.54, 1.807) is 6.07 Å². The average Bonchev–Trinajstić information content (AvgIpc) is 3.17. The van der Waals surface area contributed by atoms with Gasteiger partial charge >= 0.3 is 0 Å². The number of aliphatic hydroxyl groups excluding tert-OH is 1. The number of amides is 1. The van der Waals surface area contributed by atoms with Crippen LogP contribution in [-0.2, 0) is 10.2 Å². The Bertz CT molecular complexity index is 905. The fraction of sp³-hybridized carbons (Fsp3) is 0.476. The number of aliphatic hydroxyl groups is 1. The SMILES string of the molecule is O=C1CC=C2[C@H]3C[C@@H]4N(CC[C@@]45c4cccc(O)c4N1[C@@H]25)CC3=CCO. The summed E-state index contributed by atoms with van der Waals surface area (Å²) in [5, 5.41) is 20.1. The molecular weight excluding hydrogens is 328 g/mol. The second kappa shape index (κ2) is 4.78. The summed E-state index contributed by atoms with van der Waals surface area (Å²) >= 11 is 0. The Morgan fingerprint density at radius 2 is 2.23 bits per heavy atom. The van der Waals surface area contributed by atoms with E-state index in [0.717, 1.165) is 37.2 Å². The zero-order valence-corrected chi connectivity index (χ0v) is 14.6. The number of hydrogen-bond acceptors (Lipinski definition) is 4. The number of aromatic hydroxyl groups is 1. The molecule has 5 aliphatic rings. The van der Waals surface area contributed by atoms with Crippen LogP contribution in [0.1, 0.15) is 24.8 Å². The van der Waals surface area contributed by atoms with Crippen molar-refractivity contribution in [2.75, 3.05) is 24.6 Å². The molecule has 5 heteroatoms. The zero-order chi connectivity index (χ0) is 17.6. The van der Waals surface area contributed by atoms with Gasteiger partial charge in [0.05, 0.1) is 18.3 Å². The molecule has 26 heavy (non-hydrogen) atoms. The van der Waals surface area contributed by atoms with Crippen LogP contribution < -0.4 is 4.90 Å². The van der Waals surface area contributed by atoms with Gasteiger partial charge in [-0.1, -0.05) is 29.9 Å². The monoisotopic (exact) mass is 350 g/mol. The van der Waals surface area contributed by atoms with Crippen LogP contribution in [0.3, 0.4) is 0 Å². The summed E-state index contributed by atoms with van der Waals surface area (Å²) in [4.78, 5) is 17.4. The number of phenols is 1. The number of carbonyl (C=O) groups excluding carboxylic acids is 1. The molecule has 2 bridgehead atoms. The zero-order valence-electron chi connectivity index (χ0n) is 14.6. The van der Waals surface area contributed by atoms with E-state index in [0.29, 0.717) is 18.4 Å². The van der Waals surface area contributed by atoms with E-state index < -0.39 is 0 Å². The Labute approximate surface area is 152 Å². The lowest BCUT2D eigenvalue weighted by molar-refractivity contribution is -0.118. The Kier molecular flexibility index (Phi) is 2.76. The number of anilines is 1. The van der Waals surface area contributed by atoms with E-state index in [1.165, 1.54) is 11.1 Å². The number of para-hydroxylation sites is 1. The van der Waals surface area contributed by atoms with Crippen molar-refractivity contribution in [1.29, 1.82) is 0 Å². The van der Waals surface area contributed by atoms with Gasteiger partial charge in [0.2, 0.25) is 5.91 Å². The van der Waals surface area contributed by atoms with Crippen molar-refractivity contribution < 1.29 is 15.0 Å². The predicted molar refractivity (Wildman–Crippen MR) is 97.0 cm³/mol. The van der Waals surface area contributed by atoms with Crippen molar-refractivity contribution >= 4 is 11.6 Å². The maximum Gasteiger partial charge on any atom is 0.231 e. The van der Waals surface area contributed by atoms with Crippen LogP contribution in [-0.4, -0.2) is 52.8 Å². The Morgan fingerprint density at radius 3 is 3.08 bits per heavy atom. The summed E-state index contributed by atoms with van der Waals surface area (Å²) in [7, 11) is 0. The third kappa shape index (κ3) is 1.50. The van der Waals surface area contributed by atoms with Gasteiger partial charge in [0, 0.05) is 30.3 Å². The maximum atomic E-state index is 12.9. The molecule has 0 aromatic heterocycles. The molecule has 1 saturated carbocycles. The van der Waals surface area contributed by atoms with Gasteiger partial charge < -0.3 is 15.1 Å². The molecule has 134 valence electrons. The van der Waals surface area contributed by atoms with E-state index in [9.17, 15) is 15.0 Å². The van der Waals surface area contributed by atoms with Crippen molar-refractivity contribution in [3.8, 4) is 5.75 Å². The molecule has 1 amide bonds. The standard InChI is InChI=1S/C21H22N2O3/c24-9-6-12-11-22-8-7-21-15-2-1-3-16(25)19(15)23-18(26)5-4-13(20(21)23)14(12)10-17(21)22/h1-4,6,14,17,20,24-25H,5,7-11H2/t14-,17-,20-,21+/m0/s1. The highest BCUT2D eigenvalue weighted by atomic mass is 16.3. The molecule has 0 radical (unpaired) electrons. The first-order valence-electron chi connectivity index (χ1n) is 9.55. The van der Waals surface area contributed by atoms with Gasteiger partial charge in [-0.05, 0) is 36.6 Å². The second-order valence-corrected chi connectivity index (χ2v) is 8.27. The first-order chi connectivity index (χ1) is 12.7. The molecule has 1 aromatic rings. The normalized spacial score (nSPS) is 38.4. The van der Waals surface area contributed by atoms with Gasteiger partial charge in [-0.2, -0.15) is 0 Å². The largest absolute Gasteiger partial charge is 0.506 e. The fourth-order valence-electron chi connectivity index (χ4n) is 6.68. The molecular formula is C21H22N2O3. The Morgan fingerprint density at radius 1 is 1.35 bits per heavy atom. The Balaban J connectivity index is 1.65. The van der Waals surface area contributed by atoms with Gasteiger partial charge in [0.1, 0.15) is 5.75 Å². The van der Waals surface area contributed by atoms with Gasteiger partial charge in [0.25, 0.3) is 0 Å². The molecule has 2 saturated heterocycles. The minimum Gasteiger partial charge on any atom is -0.506 e. The number of phenolic OH excluding ortho intramolecular Hbond substituents is 1. The molecule has 6 rings (SSSR count). The van der Waals surface area contributed by atoms with Crippen LogP contribution in [0.25, 0.3) is 0 Å². The fourth-order valence-corrected chi connectivity index (χ4v) is 6.68. The minimum absolute atomic E-state index is 0.0168. The highest BCUT2D eigenvalue weighted by Crippen LogP contribution is 2.65. The number of carbonyl (C=O) groups is 1. The Hall–Kier alpha value is -2.11. The lowest BCUT2D eigenvalue weighted by Crippen LogP contribution is -2.62. The molecule has 0 unspecified atom stereocenters. The van der Waals surface area contributed by atoms with Crippen LogP contribution in [0, 0.1) is 5.92 Å². The number of benzene rings is 1. The molecule has 5 nitrogen and oxygen atoms in total. The second-order valence-electron chi connectivity index (χ2n) is 8.27. The smallest absolute Gasteiger partial charge is 0.231 e. The number of nitrogens with zero attached hydrogens (tertiary/aromatic N) is 2. The van der Waals surface area contributed by atoms with E-state index in [1.807, 2.05) is 17.0 Å². The lowest BCUT2D eigenvalue weighted by atomic mass is 9.57. The predicted octanol–water partition coefficient (Wildman–Crippen LogP) is 1.70. The highest BCUT2D eigenvalue weighted by Gasteiger charge is 2.67. The molecule has 1 spiro atoms. The van der Waals surface area contributed by atoms with Crippen LogP contribution in [0.5, 0.6) is 5.75 Å². The molecule has 1 aromatic carbocycles. The summed E-state index contributed by atoms with van der Waals surface area (Å²) in [5.74, 6) is 0.621. The van der Waals surface area contributed by atoms with E-state index >= 15 is 0 Å². The lowest BCUT2D eigenvalue weighted by Gasteiger charge is -2.54. The topological polar surface area (TPSA) is 64.0 Å².